The summed E-state index contributed by atoms with van der Waals surface area (Å²) in [4.78, 5) is 13.8. The quantitative estimate of drug-likeness (QED) is 0.520. The Labute approximate surface area is 117 Å². The van der Waals surface area contributed by atoms with Gasteiger partial charge in [-0.3, -0.25) is 4.79 Å². The molecule has 1 unspecified atom stereocenters. The van der Waals surface area contributed by atoms with Gasteiger partial charge in [0.2, 0.25) is 5.91 Å². The number of nitrogens with one attached hydrogen (secondary N) is 1. The largest absolute Gasteiger partial charge is 0.385 e. The van der Waals surface area contributed by atoms with Crippen LogP contribution in [-0.2, 0) is 9.53 Å². The van der Waals surface area contributed by atoms with E-state index in [9.17, 15) is 4.79 Å². The molecule has 5 nitrogen and oxygen atoms in total. The molecule has 0 radical (unpaired) electrons. The molecule has 0 spiro atoms. The van der Waals surface area contributed by atoms with Crippen LogP contribution in [0, 0.1) is 0 Å². The summed E-state index contributed by atoms with van der Waals surface area (Å²) in [6.07, 6.45) is 3.77. The number of ether oxygens (including phenoxy) is 1. The van der Waals surface area contributed by atoms with Crippen molar-refractivity contribution in [2.24, 2.45) is 5.73 Å². The predicted octanol–water partition coefficient (Wildman–Crippen LogP) is 0.979. The summed E-state index contributed by atoms with van der Waals surface area (Å²) in [6.45, 7) is 7.59. The number of nitrogens with two attached hydrogens (primary N) is 1. The van der Waals surface area contributed by atoms with Crippen LogP contribution < -0.4 is 11.1 Å². The zero-order valence-corrected chi connectivity index (χ0v) is 13.0. The molecule has 0 aliphatic heterocycles. The summed E-state index contributed by atoms with van der Waals surface area (Å²) < 4.78 is 5.03. The van der Waals surface area contributed by atoms with E-state index in [4.69, 9.17) is 10.5 Å². The number of amides is 1. The van der Waals surface area contributed by atoms with Gasteiger partial charge in [0.15, 0.2) is 0 Å². The Morgan fingerprint density at radius 1 is 1.37 bits per heavy atom. The van der Waals surface area contributed by atoms with Crippen LogP contribution in [0.2, 0.25) is 0 Å². The minimum absolute atomic E-state index is 0.261. The molecule has 19 heavy (non-hydrogen) atoms. The van der Waals surface area contributed by atoms with E-state index in [1.54, 1.807) is 7.11 Å². The topological polar surface area (TPSA) is 67.6 Å². The Hall–Kier alpha value is -0.650. The average Bonchev–Trinajstić information content (AvgIpc) is 2.36. The summed E-state index contributed by atoms with van der Waals surface area (Å²) in [5.74, 6) is -0.261. The van der Waals surface area contributed by atoms with Crippen LogP contribution >= 0.6 is 0 Å². The highest BCUT2D eigenvalue weighted by atomic mass is 16.5. The van der Waals surface area contributed by atoms with Crippen LogP contribution in [-0.4, -0.2) is 56.7 Å². The molecule has 114 valence electrons. The van der Waals surface area contributed by atoms with Crippen LogP contribution in [0.25, 0.3) is 0 Å². The van der Waals surface area contributed by atoms with Crippen molar-refractivity contribution in [1.29, 1.82) is 0 Å². The first kappa shape index (κ1) is 18.4. The van der Waals surface area contributed by atoms with E-state index in [1.807, 2.05) is 6.92 Å². The minimum Gasteiger partial charge on any atom is -0.385 e. The van der Waals surface area contributed by atoms with Gasteiger partial charge in [-0.25, -0.2) is 0 Å². The first-order chi connectivity index (χ1) is 8.96. The van der Waals surface area contributed by atoms with E-state index >= 15 is 0 Å². The van der Waals surface area contributed by atoms with Gasteiger partial charge < -0.3 is 20.7 Å². The zero-order valence-electron chi connectivity index (χ0n) is 13.0. The number of hydrogen-bond donors (Lipinski definition) is 2. The van der Waals surface area contributed by atoms with Crippen molar-refractivity contribution in [3.8, 4) is 0 Å². The summed E-state index contributed by atoms with van der Waals surface area (Å²) in [5, 5.41) is 3.26. The van der Waals surface area contributed by atoms with Crippen molar-refractivity contribution in [1.82, 2.24) is 10.2 Å². The second-order valence-electron chi connectivity index (χ2n) is 5.38. The lowest BCUT2D eigenvalue weighted by Gasteiger charge is -2.28. The molecular weight excluding hydrogens is 242 g/mol. The first-order valence-corrected chi connectivity index (χ1v) is 7.18. The second kappa shape index (κ2) is 10.2. The third kappa shape index (κ3) is 8.18. The van der Waals surface area contributed by atoms with Crippen molar-refractivity contribution in [3.63, 3.8) is 0 Å². The number of carbonyl (C=O) groups is 1. The number of carbonyl (C=O) groups excluding carboxylic acids is 1. The molecule has 0 saturated heterocycles. The molecule has 0 bridgehead atoms. The maximum atomic E-state index is 11.5. The van der Waals surface area contributed by atoms with Crippen molar-refractivity contribution in [2.75, 3.05) is 40.4 Å². The normalized spacial score (nSPS) is 14.6. The Balaban J connectivity index is 3.95. The van der Waals surface area contributed by atoms with Gasteiger partial charge in [-0.2, -0.15) is 0 Å². The number of primary amides is 1. The van der Waals surface area contributed by atoms with E-state index in [-0.39, 0.29) is 5.91 Å². The molecule has 0 aromatic heterocycles. The molecule has 1 amide bonds. The maximum absolute atomic E-state index is 11.5. The lowest BCUT2D eigenvalue weighted by Crippen LogP contribution is -2.53. The van der Waals surface area contributed by atoms with Crippen LogP contribution in [0.15, 0.2) is 0 Å². The van der Waals surface area contributed by atoms with Crippen LogP contribution in [0.1, 0.15) is 39.5 Å². The highest BCUT2D eigenvalue weighted by Crippen LogP contribution is 2.12. The molecule has 0 aromatic rings. The first-order valence-electron chi connectivity index (χ1n) is 7.18. The fourth-order valence-electron chi connectivity index (χ4n) is 1.99. The van der Waals surface area contributed by atoms with Gasteiger partial charge in [-0.15, -0.1) is 0 Å². The molecule has 0 rings (SSSR count). The molecule has 0 aromatic carbocycles. The van der Waals surface area contributed by atoms with Crippen molar-refractivity contribution in [3.05, 3.63) is 0 Å². The second-order valence-corrected chi connectivity index (χ2v) is 5.38. The fraction of sp³-hybridized carbons (Fsp3) is 0.929. The number of hydrogen-bond acceptors (Lipinski definition) is 4. The average molecular weight is 273 g/mol. The third-order valence-corrected chi connectivity index (χ3v) is 3.41. The Kier molecular flexibility index (Phi) is 9.83. The van der Waals surface area contributed by atoms with E-state index in [2.05, 4.69) is 24.2 Å². The molecule has 0 aliphatic rings. The highest BCUT2D eigenvalue weighted by Gasteiger charge is 2.29. The molecule has 0 saturated carbocycles. The van der Waals surface area contributed by atoms with E-state index in [1.165, 1.54) is 0 Å². The third-order valence-electron chi connectivity index (χ3n) is 3.41. The predicted molar refractivity (Wildman–Crippen MR) is 79.1 cm³/mol. The zero-order chi connectivity index (χ0) is 14.7. The molecule has 5 heteroatoms. The fourth-order valence-corrected chi connectivity index (χ4v) is 1.99. The summed E-state index contributed by atoms with van der Waals surface area (Å²) in [7, 11) is 3.81. The molecule has 3 N–H and O–H groups in total. The van der Waals surface area contributed by atoms with Crippen molar-refractivity contribution >= 4 is 5.91 Å². The maximum Gasteiger partial charge on any atom is 0.237 e. The minimum atomic E-state index is -0.580. The Bertz CT molecular complexity index is 249. The van der Waals surface area contributed by atoms with Gasteiger partial charge in [0.25, 0.3) is 0 Å². The molecule has 0 heterocycles. The number of methoxy groups -OCH3 is 1. The summed E-state index contributed by atoms with van der Waals surface area (Å²) >= 11 is 0. The molecule has 0 aliphatic carbocycles. The smallest absolute Gasteiger partial charge is 0.237 e. The van der Waals surface area contributed by atoms with E-state index < -0.39 is 5.54 Å². The van der Waals surface area contributed by atoms with Gasteiger partial charge in [-0.05, 0) is 52.7 Å². The van der Waals surface area contributed by atoms with Gasteiger partial charge in [-0.1, -0.05) is 6.92 Å². The molecule has 1 atom stereocenters. The Morgan fingerprint density at radius 2 is 2.00 bits per heavy atom. The van der Waals surface area contributed by atoms with Crippen molar-refractivity contribution < 1.29 is 9.53 Å². The standard InChI is InChI=1S/C14H31N3O2/c1-5-9-16-14(2,13(15)18)8-6-10-17(3)11-7-12-19-4/h16H,5-12H2,1-4H3,(H2,15,18). The lowest BCUT2D eigenvalue weighted by atomic mass is 9.94. The summed E-state index contributed by atoms with van der Waals surface area (Å²) in [6, 6.07) is 0. The highest BCUT2D eigenvalue weighted by molar-refractivity contribution is 5.84. The van der Waals surface area contributed by atoms with Gasteiger partial charge in [0, 0.05) is 20.3 Å². The number of rotatable bonds is 12. The number of nitrogens with zero attached hydrogens (tertiary/aromatic N) is 1. The van der Waals surface area contributed by atoms with Gasteiger partial charge in [0.05, 0.1) is 5.54 Å². The summed E-state index contributed by atoms with van der Waals surface area (Å²) in [5.41, 5.74) is 4.92. The van der Waals surface area contributed by atoms with Crippen molar-refractivity contribution in [2.45, 2.75) is 45.1 Å². The van der Waals surface area contributed by atoms with Crippen LogP contribution in [0.5, 0.6) is 0 Å². The Morgan fingerprint density at radius 3 is 2.53 bits per heavy atom. The van der Waals surface area contributed by atoms with Gasteiger partial charge in [0.1, 0.15) is 0 Å². The van der Waals surface area contributed by atoms with Crippen LogP contribution in [0.3, 0.4) is 0 Å². The SMILES string of the molecule is CCCNC(C)(CCCN(C)CCCOC)C(N)=O. The molecular formula is C14H31N3O2. The van der Waals surface area contributed by atoms with E-state index in [0.29, 0.717) is 0 Å². The van der Waals surface area contributed by atoms with Crippen LogP contribution in [0.4, 0.5) is 0 Å². The molecule has 0 fully saturated rings. The lowest BCUT2D eigenvalue weighted by molar-refractivity contribution is -0.124. The van der Waals surface area contributed by atoms with E-state index in [0.717, 1.165) is 51.9 Å². The van der Waals surface area contributed by atoms with Gasteiger partial charge >= 0.3 is 0 Å². The monoisotopic (exact) mass is 273 g/mol.